The average Bonchev–Trinajstić information content (AvgIpc) is 3.03. The Kier molecular flexibility index (Phi) is 19.7. The molecule has 282 valence electrons. The largest absolute Gasteiger partial charge is 0.508 e. The molecule has 1 aromatic carbocycles. The van der Waals surface area contributed by atoms with Crippen molar-refractivity contribution < 1.29 is 44.1 Å². The van der Waals surface area contributed by atoms with Crippen LogP contribution in [0.5, 0.6) is 5.75 Å². The van der Waals surface area contributed by atoms with Crippen LogP contribution in [0.2, 0.25) is 0 Å². The number of rotatable bonds is 23. The number of carbonyl (C=O) groups is 6. The van der Waals surface area contributed by atoms with Crippen molar-refractivity contribution >= 4 is 35.5 Å². The predicted molar refractivity (Wildman–Crippen MR) is 189 cm³/mol. The van der Waals surface area contributed by atoms with Gasteiger partial charge in [0.05, 0.1) is 18.6 Å². The number of benzene rings is 1. The molecule has 0 heterocycles. The van der Waals surface area contributed by atoms with E-state index in [1.165, 1.54) is 12.1 Å². The standard InChI is InChI=1S/C36H59N5O9/c1-8-23(7)33(40-29(44)11-10-12-31(46)47)36(50)38-26(18-15-24-13-16-25(42)17-14-24)34(48)39-27(19-21(3)4)28(43)20-30(45)41-32(22(5)6)35(49)37-9-2/h13-14,16-17,21-23,26-28,32-33,42-43H,8-12,15,18-20H2,1-7H3,(H,37,49)(H,38,50)(H,39,48)(H,40,44)(H,41,45)(H,46,47)/t23-,26-,27-,28-,32-,33-/m0/s1. The molecule has 0 saturated heterocycles. The van der Waals surface area contributed by atoms with Crippen LogP contribution in [-0.4, -0.2) is 87.6 Å². The smallest absolute Gasteiger partial charge is 0.303 e. The van der Waals surface area contributed by atoms with E-state index in [9.17, 15) is 39.0 Å². The SMILES string of the molecule is CCNC(=O)[C@@H](NC(=O)C[C@H](O)[C@H](CC(C)C)NC(=O)[C@H](CCc1ccc(O)cc1)NC(=O)[C@@H](NC(=O)CCCC(=O)O)[C@@H](C)CC)C(C)C. The van der Waals surface area contributed by atoms with Gasteiger partial charge in [0.2, 0.25) is 29.5 Å². The van der Waals surface area contributed by atoms with Crippen LogP contribution in [0.4, 0.5) is 0 Å². The maximum Gasteiger partial charge on any atom is 0.303 e. The van der Waals surface area contributed by atoms with Gasteiger partial charge in [0, 0.05) is 19.4 Å². The topological polar surface area (TPSA) is 223 Å². The predicted octanol–water partition coefficient (Wildman–Crippen LogP) is 2.15. The molecule has 1 aromatic rings. The van der Waals surface area contributed by atoms with Crippen molar-refractivity contribution in [3.05, 3.63) is 29.8 Å². The molecule has 8 N–H and O–H groups in total. The maximum atomic E-state index is 13.9. The Morgan fingerprint density at radius 2 is 1.38 bits per heavy atom. The van der Waals surface area contributed by atoms with Crippen molar-refractivity contribution in [2.24, 2.45) is 17.8 Å². The van der Waals surface area contributed by atoms with Crippen molar-refractivity contribution in [3.63, 3.8) is 0 Å². The number of amides is 5. The van der Waals surface area contributed by atoms with Crippen LogP contribution < -0.4 is 26.6 Å². The number of hydrogen-bond acceptors (Lipinski definition) is 8. The minimum Gasteiger partial charge on any atom is -0.508 e. The highest BCUT2D eigenvalue weighted by molar-refractivity contribution is 5.92. The van der Waals surface area contributed by atoms with Gasteiger partial charge in [-0.25, -0.2) is 0 Å². The number of carbonyl (C=O) groups excluding carboxylic acids is 5. The normalized spacial score (nSPS) is 14.8. The molecular formula is C36H59N5O9. The minimum atomic E-state index is -1.31. The summed E-state index contributed by atoms with van der Waals surface area (Å²) in [6.07, 6.45) is -0.546. The average molecular weight is 706 g/mol. The van der Waals surface area contributed by atoms with E-state index >= 15 is 0 Å². The molecular weight excluding hydrogens is 646 g/mol. The summed E-state index contributed by atoms with van der Waals surface area (Å²) in [6, 6.07) is 2.63. The number of aliphatic carboxylic acids is 1. The second-order valence-corrected chi connectivity index (χ2v) is 13.6. The fraction of sp³-hybridized carbons (Fsp3) is 0.667. The van der Waals surface area contributed by atoms with Crippen LogP contribution in [-0.2, 0) is 35.2 Å². The molecule has 0 spiro atoms. The highest BCUT2D eigenvalue weighted by atomic mass is 16.4. The summed E-state index contributed by atoms with van der Waals surface area (Å²) in [5, 5.41) is 43.5. The highest BCUT2D eigenvalue weighted by Gasteiger charge is 2.33. The second kappa shape index (κ2) is 22.5. The van der Waals surface area contributed by atoms with Crippen LogP contribution in [0, 0.1) is 17.8 Å². The third-order valence-corrected chi connectivity index (χ3v) is 8.43. The fourth-order valence-electron chi connectivity index (χ4n) is 5.34. The Bertz CT molecular complexity index is 1250. The first-order valence-corrected chi connectivity index (χ1v) is 17.6. The molecule has 0 fully saturated rings. The molecule has 0 aliphatic rings. The zero-order chi connectivity index (χ0) is 38.0. The number of aliphatic hydroxyl groups excluding tert-OH is 1. The molecule has 6 atom stereocenters. The number of carboxylic acids is 1. The first-order valence-electron chi connectivity index (χ1n) is 17.6. The van der Waals surface area contributed by atoms with E-state index in [1.54, 1.807) is 39.8 Å². The first-order chi connectivity index (χ1) is 23.5. The van der Waals surface area contributed by atoms with Gasteiger partial charge in [0.25, 0.3) is 0 Å². The molecule has 0 aliphatic carbocycles. The van der Waals surface area contributed by atoms with Crippen molar-refractivity contribution in [3.8, 4) is 5.75 Å². The van der Waals surface area contributed by atoms with Crippen LogP contribution in [0.15, 0.2) is 24.3 Å². The van der Waals surface area contributed by atoms with Crippen LogP contribution >= 0.6 is 0 Å². The molecule has 14 nitrogen and oxygen atoms in total. The van der Waals surface area contributed by atoms with Crippen LogP contribution in [0.1, 0.15) is 99.0 Å². The number of phenolic OH excluding ortho intramolecular Hbond substituents is 1. The third-order valence-electron chi connectivity index (χ3n) is 8.43. The molecule has 0 unspecified atom stereocenters. The van der Waals surface area contributed by atoms with Gasteiger partial charge in [-0.1, -0.05) is 60.1 Å². The van der Waals surface area contributed by atoms with Gasteiger partial charge in [-0.3, -0.25) is 28.8 Å². The van der Waals surface area contributed by atoms with E-state index in [-0.39, 0.29) is 61.5 Å². The van der Waals surface area contributed by atoms with Gasteiger partial charge >= 0.3 is 5.97 Å². The molecule has 0 bridgehead atoms. The number of phenols is 1. The number of carboxylic acid groups (broad SMARTS) is 1. The van der Waals surface area contributed by atoms with Gasteiger partial charge in [0.15, 0.2) is 0 Å². The van der Waals surface area contributed by atoms with Gasteiger partial charge in [-0.2, -0.15) is 0 Å². The van der Waals surface area contributed by atoms with E-state index < -0.39 is 59.9 Å². The van der Waals surface area contributed by atoms with E-state index in [0.717, 1.165) is 5.56 Å². The zero-order valence-corrected chi connectivity index (χ0v) is 30.6. The minimum absolute atomic E-state index is 0.00733. The summed E-state index contributed by atoms with van der Waals surface area (Å²) < 4.78 is 0. The summed E-state index contributed by atoms with van der Waals surface area (Å²) in [6.45, 7) is 13.2. The molecule has 0 saturated carbocycles. The van der Waals surface area contributed by atoms with Crippen molar-refractivity contribution in [1.29, 1.82) is 0 Å². The summed E-state index contributed by atoms with van der Waals surface area (Å²) in [5.41, 5.74) is 0.794. The number of hydrogen-bond donors (Lipinski definition) is 8. The Labute approximate surface area is 295 Å². The number of nitrogens with one attached hydrogen (secondary N) is 5. The zero-order valence-electron chi connectivity index (χ0n) is 30.6. The van der Waals surface area contributed by atoms with E-state index in [2.05, 4.69) is 26.6 Å². The van der Waals surface area contributed by atoms with Crippen LogP contribution in [0.25, 0.3) is 0 Å². The molecule has 0 radical (unpaired) electrons. The summed E-state index contributed by atoms with van der Waals surface area (Å²) in [4.78, 5) is 76.5. The van der Waals surface area contributed by atoms with E-state index in [4.69, 9.17) is 5.11 Å². The Morgan fingerprint density at radius 3 is 1.92 bits per heavy atom. The molecule has 1 rings (SSSR count). The van der Waals surface area contributed by atoms with Gasteiger partial charge in [0.1, 0.15) is 23.9 Å². The summed E-state index contributed by atoms with van der Waals surface area (Å²) in [7, 11) is 0. The first kappa shape index (κ1) is 43.8. The Hall–Kier alpha value is -4.20. The van der Waals surface area contributed by atoms with Gasteiger partial charge in [-0.05, 0) is 68.1 Å². The number of aryl methyl sites for hydroxylation is 1. The lowest BCUT2D eigenvalue weighted by Crippen LogP contribution is -2.58. The number of aromatic hydroxyl groups is 1. The Morgan fingerprint density at radius 1 is 0.760 bits per heavy atom. The Balaban J connectivity index is 3.23. The van der Waals surface area contributed by atoms with Crippen molar-refractivity contribution in [1.82, 2.24) is 26.6 Å². The molecule has 5 amide bonds. The number of aliphatic hydroxyl groups is 1. The number of likely N-dealkylation sites (N-methyl/N-ethyl adjacent to an activating group) is 1. The second-order valence-electron chi connectivity index (χ2n) is 13.6. The lowest BCUT2D eigenvalue weighted by molar-refractivity contribution is -0.137. The highest BCUT2D eigenvalue weighted by Crippen LogP contribution is 2.16. The fourth-order valence-corrected chi connectivity index (χ4v) is 5.34. The summed E-state index contributed by atoms with van der Waals surface area (Å²) in [5.74, 6) is -4.04. The molecule has 0 aromatic heterocycles. The van der Waals surface area contributed by atoms with Gasteiger partial charge in [-0.15, -0.1) is 0 Å². The maximum absolute atomic E-state index is 13.9. The van der Waals surface area contributed by atoms with E-state index in [0.29, 0.717) is 25.8 Å². The third kappa shape index (κ3) is 16.5. The molecule has 50 heavy (non-hydrogen) atoms. The molecule has 14 heteroatoms. The van der Waals surface area contributed by atoms with Gasteiger partial charge < -0.3 is 41.9 Å². The summed E-state index contributed by atoms with van der Waals surface area (Å²) >= 11 is 0. The lowest BCUT2D eigenvalue weighted by Gasteiger charge is -2.30. The van der Waals surface area contributed by atoms with Crippen molar-refractivity contribution in [2.75, 3.05) is 6.54 Å². The monoisotopic (exact) mass is 705 g/mol. The molecule has 0 aliphatic heterocycles. The van der Waals surface area contributed by atoms with E-state index in [1.807, 2.05) is 20.8 Å². The quantitative estimate of drug-likeness (QED) is 0.0834. The lowest BCUT2D eigenvalue weighted by atomic mass is 9.95. The van der Waals surface area contributed by atoms with Crippen LogP contribution in [0.3, 0.4) is 0 Å². The van der Waals surface area contributed by atoms with Crippen molar-refractivity contribution in [2.45, 2.75) is 130 Å².